The van der Waals surface area contributed by atoms with Crippen molar-refractivity contribution in [3.63, 3.8) is 0 Å². The second-order valence-electron chi connectivity index (χ2n) is 12.9. The number of imidazole rings is 1. The number of hydrogen-bond acceptors (Lipinski definition) is 4. The number of hydrogen-bond donors (Lipinski definition) is 1. The van der Waals surface area contributed by atoms with E-state index in [1.807, 2.05) is 35.2 Å². The third-order valence-corrected chi connectivity index (χ3v) is 10.3. The Balaban J connectivity index is 0.992. The first-order valence-electron chi connectivity index (χ1n) is 16.6. The van der Waals surface area contributed by atoms with Gasteiger partial charge < -0.3 is 14.8 Å². The number of urea groups is 1. The molecule has 7 rings (SSSR count). The van der Waals surface area contributed by atoms with Crippen molar-refractivity contribution in [3.8, 4) is 0 Å². The minimum Gasteiger partial charge on any atom is -0.332 e. The first-order valence-corrected chi connectivity index (χ1v) is 17.0. The molecule has 4 aromatic rings. The largest absolute Gasteiger partial charge is 0.332 e. The molecule has 4 heterocycles. The zero-order valence-electron chi connectivity index (χ0n) is 26.6. The monoisotopic (exact) mass is 654 g/mol. The number of piperidine rings is 1. The van der Waals surface area contributed by atoms with Gasteiger partial charge in [-0.2, -0.15) is 0 Å². The highest BCUT2D eigenvalue weighted by molar-refractivity contribution is 6.30. The lowest BCUT2D eigenvalue weighted by Crippen LogP contribution is -2.45. The van der Waals surface area contributed by atoms with Gasteiger partial charge in [-0.1, -0.05) is 29.8 Å². The summed E-state index contributed by atoms with van der Waals surface area (Å²) in [5.74, 6) is 0.775. The Labute approximate surface area is 280 Å². The fourth-order valence-electron chi connectivity index (χ4n) is 7.89. The van der Waals surface area contributed by atoms with Crippen LogP contribution in [0.5, 0.6) is 0 Å². The number of aryl methyl sites for hydroxylation is 1. The third-order valence-electron chi connectivity index (χ3n) is 10.0. The van der Waals surface area contributed by atoms with E-state index in [1.165, 1.54) is 30.7 Å². The van der Waals surface area contributed by atoms with Crippen molar-refractivity contribution in [1.29, 1.82) is 0 Å². The molecule has 3 aliphatic rings. The number of carbonyl (C=O) groups is 2. The molecule has 2 atom stereocenters. The predicted octanol–water partition coefficient (Wildman–Crippen LogP) is 7.48. The quantitative estimate of drug-likeness (QED) is 0.214. The Morgan fingerprint density at radius 3 is 2.36 bits per heavy atom. The van der Waals surface area contributed by atoms with E-state index in [9.17, 15) is 14.0 Å². The smallest absolute Gasteiger partial charge is 0.326 e. The summed E-state index contributed by atoms with van der Waals surface area (Å²) in [5.41, 5.74) is 4.35. The summed E-state index contributed by atoms with van der Waals surface area (Å²) in [4.78, 5) is 37.8. The number of halogens is 2. The Morgan fingerprint density at radius 1 is 0.957 bits per heavy atom. The van der Waals surface area contributed by atoms with Gasteiger partial charge in [0, 0.05) is 71.8 Å². The highest BCUT2D eigenvalue weighted by atomic mass is 35.5. The fraction of sp³-hybridized carbons (Fsp3) is 0.378. The van der Waals surface area contributed by atoms with Crippen LogP contribution >= 0.6 is 11.6 Å². The van der Waals surface area contributed by atoms with E-state index < -0.39 is 0 Å². The fourth-order valence-corrected chi connectivity index (χ4v) is 8.01. The van der Waals surface area contributed by atoms with Gasteiger partial charge in [-0.3, -0.25) is 14.6 Å². The summed E-state index contributed by atoms with van der Waals surface area (Å²) >= 11 is 6.02. The van der Waals surface area contributed by atoms with Crippen LogP contribution in [0.1, 0.15) is 65.7 Å². The van der Waals surface area contributed by atoms with E-state index >= 15 is 0 Å². The van der Waals surface area contributed by atoms with Crippen LogP contribution in [0.2, 0.25) is 5.02 Å². The number of benzene rings is 3. The van der Waals surface area contributed by atoms with Crippen LogP contribution in [-0.4, -0.2) is 63.0 Å². The van der Waals surface area contributed by atoms with E-state index in [0.717, 1.165) is 49.3 Å². The molecule has 47 heavy (non-hydrogen) atoms. The Kier molecular flexibility index (Phi) is 9.01. The topological polar surface area (TPSA) is 73.7 Å². The van der Waals surface area contributed by atoms with Crippen molar-refractivity contribution in [3.05, 3.63) is 112 Å². The number of amides is 3. The lowest BCUT2D eigenvalue weighted by atomic mass is 9.95. The van der Waals surface area contributed by atoms with Gasteiger partial charge in [-0.25, -0.2) is 14.2 Å². The van der Waals surface area contributed by atoms with Crippen molar-refractivity contribution in [2.24, 2.45) is 0 Å². The maximum absolute atomic E-state index is 13.7. The first kappa shape index (κ1) is 31.4. The number of fused-ring (bicyclic) bond motifs is 3. The Bertz CT molecular complexity index is 1710. The molecule has 0 saturated carbocycles. The molecule has 0 spiro atoms. The molecule has 8 nitrogen and oxygen atoms in total. The van der Waals surface area contributed by atoms with Crippen LogP contribution in [0.4, 0.5) is 20.6 Å². The third kappa shape index (κ3) is 6.64. The van der Waals surface area contributed by atoms with Gasteiger partial charge in [0.25, 0.3) is 5.91 Å². The van der Waals surface area contributed by atoms with Gasteiger partial charge in [0.05, 0.1) is 12.2 Å². The molecule has 2 saturated heterocycles. The summed E-state index contributed by atoms with van der Waals surface area (Å²) in [6, 6.07) is 23.7. The van der Waals surface area contributed by atoms with Gasteiger partial charge >= 0.3 is 6.03 Å². The van der Waals surface area contributed by atoms with E-state index in [-0.39, 0.29) is 17.8 Å². The van der Waals surface area contributed by atoms with Crippen LogP contribution in [-0.2, 0) is 13.0 Å². The van der Waals surface area contributed by atoms with E-state index in [1.54, 1.807) is 41.3 Å². The van der Waals surface area contributed by atoms with E-state index in [4.69, 9.17) is 16.6 Å². The average Bonchev–Trinajstić information content (AvgIpc) is 3.53. The first-order chi connectivity index (χ1) is 22.8. The summed E-state index contributed by atoms with van der Waals surface area (Å²) in [5, 5.41) is 3.56. The SMILES string of the molecule is Cc1nc2c(n1C1CC3CCC(C1)N3CCCN(C(=O)Nc1ccc(Cl)cc1)c1ccc(F)cc1)CCN(C(=O)c1ccccc1)C2. The second kappa shape index (κ2) is 13.5. The molecule has 3 amide bonds. The van der Waals surface area contributed by atoms with Crippen molar-refractivity contribution in [1.82, 2.24) is 19.4 Å². The minimum absolute atomic E-state index is 0.0651. The van der Waals surface area contributed by atoms with Crippen LogP contribution in [0, 0.1) is 12.7 Å². The average molecular weight is 655 g/mol. The molecule has 2 bridgehead atoms. The molecule has 2 fully saturated rings. The molecule has 1 aromatic heterocycles. The molecule has 3 aromatic carbocycles. The minimum atomic E-state index is -0.335. The van der Waals surface area contributed by atoms with Crippen LogP contribution in [0.25, 0.3) is 0 Å². The number of anilines is 2. The van der Waals surface area contributed by atoms with Crippen LogP contribution in [0.3, 0.4) is 0 Å². The van der Waals surface area contributed by atoms with Gasteiger partial charge in [0.2, 0.25) is 0 Å². The standard InChI is InChI=1S/C37H40ClFN6O2/c1-25-40-34-24-42(36(46)26-6-3-2-4-7-26)21-18-35(34)45(25)33-22-31-16-17-32(23-33)43(31)19-5-20-44(30-14-10-28(39)11-15-30)37(47)41-29-12-8-27(38)9-13-29/h2-4,6-15,31-33H,5,16-24H2,1H3,(H,41,47). The maximum atomic E-state index is 13.7. The molecule has 1 N–H and O–H groups in total. The highest BCUT2D eigenvalue weighted by Gasteiger charge is 2.42. The zero-order chi connectivity index (χ0) is 32.5. The highest BCUT2D eigenvalue weighted by Crippen LogP contribution is 2.42. The normalized spacial score (nSPS) is 20.6. The summed E-state index contributed by atoms with van der Waals surface area (Å²) in [6.45, 7) is 4.77. The number of aromatic nitrogens is 2. The van der Waals surface area contributed by atoms with Crippen LogP contribution in [0.15, 0.2) is 78.9 Å². The number of rotatable bonds is 8. The number of nitrogens with zero attached hydrogens (tertiary/aromatic N) is 5. The van der Waals surface area contributed by atoms with Crippen molar-refractivity contribution in [2.75, 3.05) is 29.9 Å². The van der Waals surface area contributed by atoms with Crippen molar-refractivity contribution in [2.45, 2.75) is 70.1 Å². The van der Waals surface area contributed by atoms with E-state index in [2.05, 4.69) is 21.7 Å². The Morgan fingerprint density at radius 2 is 1.66 bits per heavy atom. The van der Waals surface area contributed by atoms with Gasteiger partial charge in [0.15, 0.2) is 0 Å². The summed E-state index contributed by atoms with van der Waals surface area (Å²) < 4.78 is 16.2. The lowest BCUT2D eigenvalue weighted by molar-refractivity contribution is 0.0728. The van der Waals surface area contributed by atoms with Gasteiger partial charge in [-0.15, -0.1) is 0 Å². The maximum Gasteiger partial charge on any atom is 0.326 e. The zero-order valence-corrected chi connectivity index (χ0v) is 27.4. The molecule has 2 unspecified atom stereocenters. The molecule has 244 valence electrons. The lowest BCUT2D eigenvalue weighted by Gasteiger charge is -2.41. The summed E-state index contributed by atoms with van der Waals surface area (Å²) in [7, 11) is 0. The van der Waals surface area contributed by atoms with Crippen molar-refractivity contribution >= 4 is 34.9 Å². The predicted molar refractivity (Wildman–Crippen MR) is 182 cm³/mol. The van der Waals surface area contributed by atoms with Gasteiger partial charge in [-0.05, 0) is 99.7 Å². The molecule has 0 radical (unpaired) electrons. The van der Waals surface area contributed by atoms with E-state index in [0.29, 0.717) is 54.2 Å². The van der Waals surface area contributed by atoms with Crippen molar-refractivity contribution < 1.29 is 14.0 Å². The molecule has 3 aliphatic heterocycles. The number of nitrogens with one attached hydrogen (secondary N) is 1. The molecule has 0 aliphatic carbocycles. The Hall–Kier alpha value is -4.21. The summed E-state index contributed by atoms with van der Waals surface area (Å²) in [6.07, 6.45) is 6.12. The second-order valence-corrected chi connectivity index (χ2v) is 13.4. The molecular weight excluding hydrogens is 615 g/mol. The number of carbonyl (C=O) groups excluding carboxylic acids is 2. The molecular formula is C37H40ClFN6O2. The van der Waals surface area contributed by atoms with Crippen LogP contribution < -0.4 is 10.2 Å². The van der Waals surface area contributed by atoms with Gasteiger partial charge in [0.1, 0.15) is 11.6 Å². The molecule has 10 heteroatoms.